The van der Waals surface area contributed by atoms with Gasteiger partial charge in [-0.3, -0.25) is 0 Å². The van der Waals surface area contributed by atoms with Gasteiger partial charge in [0.25, 0.3) is 0 Å². The first-order valence-corrected chi connectivity index (χ1v) is 2.63. The zero-order valence-corrected chi connectivity index (χ0v) is 9.52. The molecule has 0 bridgehead atoms. The molecule has 0 saturated heterocycles. The van der Waals surface area contributed by atoms with E-state index in [1.54, 1.807) is 0 Å². The minimum absolute atomic E-state index is 0. The van der Waals surface area contributed by atoms with Crippen molar-refractivity contribution in [1.29, 1.82) is 0 Å². The van der Waals surface area contributed by atoms with Crippen LogP contribution in [0.2, 0.25) is 0 Å². The molecule has 0 spiro atoms. The van der Waals surface area contributed by atoms with Gasteiger partial charge in [-0.25, -0.2) is 0 Å². The van der Waals surface area contributed by atoms with Crippen molar-refractivity contribution in [1.82, 2.24) is 0 Å². The summed E-state index contributed by atoms with van der Waals surface area (Å²) in [5.74, 6) is 0. The van der Waals surface area contributed by atoms with Crippen LogP contribution in [0.5, 0.6) is 0 Å². The van der Waals surface area contributed by atoms with Crippen molar-refractivity contribution in [2.45, 2.75) is 13.8 Å². The fourth-order valence-electron chi connectivity index (χ4n) is 0.287. The molecule has 0 heterocycles. The molecule has 0 rings (SSSR count). The second-order valence-electron chi connectivity index (χ2n) is 1.66. The Hall–Kier alpha value is 0.466. The molecule has 0 nitrogen and oxygen atoms in total. The second-order valence-corrected chi connectivity index (χ2v) is 1.66. The third kappa shape index (κ3) is 15.8. The van der Waals surface area contributed by atoms with Crippen LogP contribution in [0.4, 0.5) is 0 Å². The topological polar surface area (TPSA) is 0 Å². The molecule has 0 aliphatic rings. The van der Waals surface area contributed by atoms with Crippen molar-refractivity contribution in [3.05, 3.63) is 36.5 Å². The van der Waals surface area contributed by atoms with Gasteiger partial charge < -0.3 is 17.0 Å². The van der Waals surface area contributed by atoms with Crippen molar-refractivity contribution < 1.29 is 17.0 Å². The Labute approximate surface area is 90.0 Å². The summed E-state index contributed by atoms with van der Waals surface area (Å²) in [6, 6.07) is 0. The average Bonchev–Trinajstić information content (AvgIpc) is 1.66. The van der Waals surface area contributed by atoms with Gasteiger partial charge in [-0.05, 0) is 0 Å². The third-order valence-corrected chi connectivity index (χ3v) is 0.593. The molecule has 10 heavy (non-hydrogen) atoms. The molecule has 0 saturated carbocycles. The molecule has 0 aromatic carbocycles. The first-order chi connectivity index (χ1) is 3.77. The summed E-state index contributed by atoms with van der Waals surface area (Å²) in [4.78, 5) is 0. The smallest absolute Gasteiger partial charge is 1.00 e. The van der Waals surface area contributed by atoms with Crippen molar-refractivity contribution >= 4 is 23.1 Å². The van der Waals surface area contributed by atoms with Gasteiger partial charge in [0.2, 0.25) is 0 Å². The van der Waals surface area contributed by atoms with E-state index in [0.717, 1.165) is 5.57 Å². The molecule has 0 fully saturated rings. The van der Waals surface area contributed by atoms with E-state index in [9.17, 15) is 0 Å². The predicted octanol–water partition coefficient (Wildman–Crippen LogP) is -0.879. The van der Waals surface area contributed by atoms with Crippen LogP contribution in [0.25, 0.3) is 0 Å². The van der Waals surface area contributed by atoms with Crippen molar-refractivity contribution in [2.75, 3.05) is 0 Å². The minimum atomic E-state index is 0. The summed E-state index contributed by atoms with van der Waals surface area (Å²) in [6.45, 7) is 7.57. The van der Waals surface area contributed by atoms with E-state index in [0.29, 0.717) is 0 Å². The standard InChI is InChI=1S/C8H11.BrH.Mg/c1-4-5-6-7-8(2)3;;/h4-5,7H,2H2,1,3H3;1H;/q-1;;+2/p-1/b5-4-;;. The van der Waals surface area contributed by atoms with Crippen LogP contribution < -0.4 is 17.0 Å². The minimum Gasteiger partial charge on any atom is -1.00 e. The average molecular weight is 211 g/mol. The van der Waals surface area contributed by atoms with Crippen LogP contribution in [0.15, 0.2) is 30.4 Å². The zero-order valence-electron chi connectivity index (χ0n) is 6.52. The van der Waals surface area contributed by atoms with E-state index in [1.807, 2.05) is 32.1 Å². The summed E-state index contributed by atoms with van der Waals surface area (Å²) in [6.07, 6.45) is 8.56. The number of halogens is 1. The molecule has 0 atom stereocenters. The maximum Gasteiger partial charge on any atom is 2.00 e. The molecule has 0 unspecified atom stereocenters. The first kappa shape index (κ1) is 16.8. The van der Waals surface area contributed by atoms with Crippen LogP contribution in [0, 0.1) is 6.08 Å². The Bertz CT molecular complexity index is 125. The molecule has 0 aliphatic heterocycles. The molecule has 0 aromatic heterocycles. The fourth-order valence-corrected chi connectivity index (χ4v) is 0.287. The molecule has 0 amide bonds. The Kier molecular flexibility index (Phi) is 20.5. The predicted molar refractivity (Wildman–Crippen MR) is 43.2 cm³/mol. The van der Waals surface area contributed by atoms with Gasteiger partial charge in [-0.15, -0.1) is 0 Å². The van der Waals surface area contributed by atoms with E-state index in [1.165, 1.54) is 0 Å². The van der Waals surface area contributed by atoms with Crippen molar-refractivity contribution in [2.24, 2.45) is 0 Å². The van der Waals surface area contributed by atoms with Crippen LogP contribution in [0.1, 0.15) is 13.8 Å². The second kappa shape index (κ2) is 12.2. The van der Waals surface area contributed by atoms with Gasteiger partial charge in [0.05, 0.1) is 0 Å². The van der Waals surface area contributed by atoms with Crippen molar-refractivity contribution in [3.63, 3.8) is 0 Å². The molecular weight excluding hydrogens is 200 g/mol. The Morgan fingerprint density at radius 1 is 1.50 bits per heavy atom. The maximum absolute atomic E-state index is 3.67. The van der Waals surface area contributed by atoms with Gasteiger partial charge >= 0.3 is 23.1 Å². The summed E-state index contributed by atoms with van der Waals surface area (Å²) >= 11 is 0. The van der Waals surface area contributed by atoms with Crippen LogP contribution in [0.3, 0.4) is 0 Å². The zero-order chi connectivity index (χ0) is 6.41. The van der Waals surface area contributed by atoms with Crippen LogP contribution >= 0.6 is 0 Å². The van der Waals surface area contributed by atoms with Gasteiger partial charge in [-0.2, -0.15) is 36.5 Å². The molecule has 0 aromatic rings. The van der Waals surface area contributed by atoms with E-state index >= 15 is 0 Å². The van der Waals surface area contributed by atoms with E-state index < -0.39 is 0 Å². The fraction of sp³-hybridized carbons (Fsp3) is 0.250. The van der Waals surface area contributed by atoms with E-state index in [4.69, 9.17) is 0 Å². The molecule has 0 aliphatic carbocycles. The maximum atomic E-state index is 3.67. The summed E-state index contributed by atoms with van der Waals surface area (Å²) in [5.41, 5.74) is 1.03. The normalized spacial score (nSPS) is 9.00. The molecular formula is C8H11BrMg. The summed E-state index contributed by atoms with van der Waals surface area (Å²) in [7, 11) is 0. The number of allylic oxidation sites excluding steroid dienone is 5. The van der Waals surface area contributed by atoms with E-state index in [-0.39, 0.29) is 40.0 Å². The molecule has 2 heteroatoms. The number of hydrogen-bond donors (Lipinski definition) is 0. The van der Waals surface area contributed by atoms with Crippen molar-refractivity contribution in [3.8, 4) is 0 Å². The van der Waals surface area contributed by atoms with E-state index in [2.05, 4.69) is 12.7 Å². The summed E-state index contributed by atoms with van der Waals surface area (Å²) < 4.78 is 0. The number of rotatable bonds is 2. The summed E-state index contributed by atoms with van der Waals surface area (Å²) in [5, 5.41) is 0. The SMILES string of the molecule is C=C(C)C=[C-]/C=C\C.[Br-].[Mg+2]. The Balaban J connectivity index is -0.000000245. The molecule has 0 N–H and O–H groups in total. The largest absolute Gasteiger partial charge is 2.00 e. The van der Waals surface area contributed by atoms with Gasteiger partial charge in [0.15, 0.2) is 0 Å². The monoisotopic (exact) mass is 210 g/mol. The van der Waals surface area contributed by atoms with Crippen LogP contribution in [-0.4, -0.2) is 23.1 Å². The Morgan fingerprint density at radius 3 is 2.30 bits per heavy atom. The third-order valence-electron chi connectivity index (χ3n) is 0.593. The Morgan fingerprint density at radius 2 is 2.00 bits per heavy atom. The van der Waals surface area contributed by atoms with Gasteiger partial charge in [-0.1, -0.05) is 13.8 Å². The first-order valence-electron chi connectivity index (χ1n) is 2.63. The molecule has 0 radical (unpaired) electrons. The van der Waals surface area contributed by atoms with Gasteiger partial charge in [0, 0.05) is 0 Å². The van der Waals surface area contributed by atoms with Gasteiger partial charge in [0.1, 0.15) is 0 Å². The van der Waals surface area contributed by atoms with Crippen LogP contribution in [-0.2, 0) is 0 Å². The molecule has 52 valence electrons. The number of hydrogen-bond acceptors (Lipinski definition) is 0. The quantitative estimate of drug-likeness (QED) is 0.316.